The number of carbonyl (C=O) groups is 2. The molecular weight excluding hydrogens is 268 g/mol. The van der Waals surface area contributed by atoms with Gasteiger partial charge in [-0.1, -0.05) is 0 Å². The first kappa shape index (κ1) is 15.5. The number of rotatable bonds is 4. The van der Waals surface area contributed by atoms with E-state index in [1.807, 2.05) is 0 Å². The SMILES string of the molecule is Cc1cc(NC(=O)C2CCC(CN)CC2)ccc1C(=O)O. The summed E-state index contributed by atoms with van der Waals surface area (Å²) in [5, 5.41) is 11.9. The van der Waals surface area contributed by atoms with Gasteiger partial charge in [-0.15, -0.1) is 0 Å². The zero-order valence-electron chi connectivity index (χ0n) is 12.3. The summed E-state index contributed by atoms with van der Waals surface area (Å²) in [6.45, 7) is 2.43. The molecule has 1 aromatic carbocycles. The van der Waals surface area contributed by atoms with Gasteiger partial charge in [0.1, 0.15) is 0 Å². The average Bonchev–Trinajstić information content (AvgIpc) is 2.47. The van der Waals surface area contributed by atoms with Gasteiger partial charge in [0.2, 0.25) is 5.91 Å². The van der Waals surface area contributed by atoms with Crippen molar-refractivity contribution in [2.75, 3.05) is 11.9 Å². The van der Waals surface area contributed by atoms with Crippen molar-refractivity contribution in [1.29, 1.82) is 0 Å². The second kappa shape index (κ2) is 6.72. The third kappa shape index (κ3) is 3.82. The van der Waals surface area contributed by atoms with E-state index in [-0.39, 0.29) is 17.4 Å². The van der Waals surface area contributed by atoms with Crippen LogP contribution in [0.3, 0.4) is 0 Å². The highest BCUT2D eigenvalue weighted by Gasteiger charge is 2.25. The van der Waals surface area contributed by atoms with Crippen LogP contribution in [0.25, 0.3) is 0 Å². The summed E-state index contributed by atoms with van der Waals surface area (Å²) in [6.07, 6.45) is 3.76. The number of hydrogen-bond donors (Lipinski definition) is 3. The first-order valence-corrected chi connectivity index (χ1v) is 7.36. The molecule has 0 heterocycles. The van der Waals surface area contributed by atoms with Crippen molar-refractivity contribution in [3.63, 3.8) is 0 Å². The molecule has 1 saturated carbocycles. The van der Waals surface area contributed by atoms with Crippen LogP contribution in [0.5, 0.6) is 0 Å². The summed E-state index contributed by atoms with van der Waals surface area (Å²) in [7, 11) is 0. The van der Waals surface area contributed by atoms with Crippen LogP contribution in [0.4, 0.5) is 5.69 Å². The van der Waals surface area contributed by atoms with E-state index >= 15 is 0 Å². The Hall–Kier alpha value is -1.88. The molecule has 0 radical (unpaired) electrons. The number of carboxylic acids is 1. The largest absolute Gasteiger partial charge is 0.478 e. The monoisotopic (exact) mass is 290 g/mol. The van der Waals surface area contributed by atoms with Crippen molar-refractivity contribution >= 4 is 17.6 Å². The Bertz CT molecular complexity index is 534. The van der Waals surface area contributed by atoms with Gasteiger partial charge in [-0.25, -0.2) is 4.79 Å². The summed E-state index contributed by atoms with van der Waals surface area (Å²) in [6, 6.07) is 4.87. The molecule has 0 bridgehead atoms. The number of aryl methyl sites for hydroxylation is 1. The standard InChI is InChI=1S/C16H22N2O3/c1-10-8-13(6-7-14(10)16(20)21)18-15(19)12-4-2-11(9-17)3-5-12/h6-8,11-12H,2-5,9,17H2,1H3,(H,18,19)(H,20,21). The van der Waals surface area contributed by atoms with Crippen LogP contribution in [0.1, 0.15) is 41.6 Å². The van der Waals surface area contributed by atoms with Crippen molar-refractivity contribution in [1.82, 2.24) is 0 Å². The molecule has 1 aliphatic rings. The van der Waals surface area contributed by atoms with Gasteiger partial charge in [-0.05, 0) is 68.8 Å². The average molecular weight is 290 g/mol. The maximum absolute atomic E-state index is 12.2. The Morgan fingerprint density at radius 2 is 1.95 bits per heavy atom. The van der Waals surface area contributed by atoms with Crippen LogP contribution in [0.15, 0.2) is 18.2 Å². The van der Waals surface area contributed by atoms with E-state index in [2.05, 4.69) is 5.32 Å². The lowest BCUT2D eigenvalue weighted by atomic mass is 9.81. The fourth-order valence-electron chi connectivity index (χ4n) is 2.89. The molecule has 0 aliphatic heterocycles. The van der Waals surface area contributed by atoms with Crippen LogP contribution in [-0.2, 0) is 4.79 Å². The lowest BCUT2D eigenvalue weighted by molar-refractivity contribution is -0.121. The van der Waals surface area contributed by atoms with Crippen molar-refractivity contribution in [3.05, 3.63) is 29.3 Å². The van der Waals surface area contributed by atoms with Gasteiger partial charge in [-0.3, -0.25) is 4.79 Å². The first-order chi connectivity index (χ1) is 10.0. The quantitative estimate of drug-likeness (QED) is 0.794. The second-order valence-electron chi connectivity index (χ2n) is 5.78. The number of nitrogens with one attached hydrogen (secondary N) is 1. The van der Waals surface area contributed by atoms with Crippen molar-refractivity contribution in [2.24, 2.45) is 17.6 Å². The number of carboxylic acid groups (broad SMARTS) is 1. The summed E-state index contributed by atoms with van der Waals surface area (Å²) >= 11 is 0. The number of benzene rings is 1. The number of nitrogens with two attached hydrogens (primary N) is 1. The zero-order valence-corrected chi connectivity index (χ0v) is 12.3. The fraction of sp³-hybridized carbons (Fsp3) is 0.500. The molecule has 1 fully saturated rings. The van der Waals surface area contributed by atoms with Crippen LogP contribution < -0.4 is 11.1 Å². The van der Waals surface area contributed by atoms with Crippen LogP contribution in [0.2, 0.25) is 0 Å². The number of anilines is 1. The molecule has 114 valence electrons. The third-order valence-corrected chi connectivity index (χ3v) is 4.28. The molecule has 5 nitrogen and oxygen atoms in total. The Balaban J connectivity index is 1.97. The maximum atomic E-state index is 12.2. The summed E-state index contributed by atoms with van der Waals surface area (Å²) in [5.41, 5.74) is 7.22. The van der Waals surface area contributed by atoms with Gasteiger partial charge in [-0.2, -0.15) is 0 Å². The van der Waals surface area contributed by atoms with E-state index in [0.29, 0.717) is 23.7 Å². The van der Waals surface area contributed by atoms with Gasteiger partial charge in [0, 0.05) is 11.6 Å². The molecule has 0 saturated heterocycles. The van der Waals surface area contributed by atoms with Gasteiger partial charge in [0.15, 0.2) is 0 Å². The lowest BCUT2D eigenvalue weighted by Gasteiger charge is -2.26. The minimum absolute atomic E-state index is 0.0212. The summed E-state index contributed by atoms with van der Waals surface area (Å²) in [5.74, 6) is -0.350. The normalized spacial score (nSPS) is 21.8. The number of carbonyl (C=O) groups excluding carboxylic acids is 1. The minimum atomic E-state index is -0.953. The van der Waals surface area contributed by atoms with Gasteiger partial charge in [0.25, 0.3) is 0 Å². The Labute approximate surface area is 124 Å². The van der Waals surface area contributed by atoms with E-state index in [1.54, 1.807) is 19.1 Å². The molecule has 0 atom stereocenters. The number of aromatic carboxylic acids is 1. The van der Waals surface area contributed by atoms with E-state index in [0.717, 1.165) is 25.7 Å². The van der Waals surface area contributed by atoms with Gasteiger partial charge < -0.3 is 16.2 Å². The van der Waals surface area contributed by atoms with Gasteiger partial charge >= 0.3 is 5.97 Å². The maximum Gasteiger partial charge on any atom is 0.335 e. The van der Waals surface area contributed by atoms with Crippen molar-refractivity contribution in [2.45, 2.75) is 32.6 Å². The van der Waals surface area contributed by atoms with E-state index in [1.165, 1.54) is 6.07 Å². The van der Waals surface area contributed by atoms with Crippen molar-refractivity contribution < 1.29 is 14.7 Å². The Morgan fingerprint density at radius 1 is 1.29 bits per heavy atom. The van der Waals surface area contributed by atoms with E-state index < -0.39 is 5.97 Å². The molecular formula is C16H22N2O3. The predicted octanol–water partition coefficient (Wildman–Crippen LogP) is 2.40. The molecule has 21 heavy (non-hydrogen) atoms. The van der Waals surface area contributed by atoms with Crippen LogP contribution in [-0.4, -0.2) is 23.5 Å². The highest BCUT2D eigenvalue weighted by Crippen LogP contribution is 2.29. The predicted molar refractivity (Wildman–Crippen MR) is 81.3 cm³/mol. The Kier molecular flexibility index (Phi) is 4.96. The van der Waals surface area contributed by atoms with Crippen LogP contribution >= 0.6 is 0 Å². The van der Waals surface area contributed by atoms with Gasteiger partial charge in [0.05, 0.1) is 5.56 Å². The zero-order chi connectivity index (χ0) is 15.4. The molecule has 0 aromatic heterocycles. The lowest BCUT2D eigenvalue weighted by Crippen LogP contribution is -2.29. The van der Waals surface area contributed by atoms with Crippen molar-refractivity contribution in [3.8, 4) is 0 Å². The molecule has 2 rings (SSSR count). The number of amides is 1. The minimum Gasteiger partial charge on any atom is -0.478 e. The molecule has 0 unspecified atom stereocenters. The van der Waals surface area contributed by atoms with E-state index in [9.17, 15) is 9.59 Å². The first-order valence-electron chi connectivity index (χ1n) is 7.36. The third-order valence-electron chi connectivity index (χ3n) is 4.28. The summed E-state index contributed by atoms with van der Waals surface area (Å²) < 4.78 is 0. The molecule has 5 heteroatoms. The second-order valence-corrected chi connectivity index (χ2v) is 5.78. The number of hydrogen-bond acceptors (Lipinski definition) is 3. The highest BCUT2D eigenvalue weighted by molar-refractivity contribution is 5.94. The topological polar surface area (TPSA) is 92.4 Å². The Morgan fingerprint density at radius 3 is 2.48 bits per heavy atom. The highest BCUT2D eigenvalue weighted by atomic mass is 16.4. The van der Waals surface area contributed by atoms with Crippen LogP contribution in [0, 0.1) is 18.8 Å². The smallest absolute Gasteiger partial charge is 0.335 e. The molecule has 1 aromatic rings. The molecule has 1 amide bonds. The molecule has 0 spiro atoms. The van der Waals surface area contributed by atoms with E-state index in [4.69, 9.17) is 10.8 Å². The molecule has 4 N–H and O–H groups in total. The summed E-state index contributed by atoms with van der Waals surface area (Å²) in [4.78, 5) is 23.2. The fourth-order valence-corrected chi connectivity index (χ4v) is 2.89. The molecule has 1 aliphatic carbocycles.